The van der Waals surface area contributed by atoms with Crippen molar-refractivity contribution >= 4 is 10.0 Å². The predicted octanol–water partition coefficient (Wildman–Crippen LogP) is 0.836. The van der Waals surface area contributed by atoms with Gasteiger partial charge in [0.05, 0.1) is 18.1 Å². The number of nitrogens with zero attached hydrogens (tertiary/aromatic N) is 1. The summed E-state index contributed by atoms with van der Waals surface area (Å²) in [4.78, 5) is 0.188. The van der Waals surface area contributed by atoms with Crippen LogP contribution in [0.15, 0.2) is 29.2 Å². The van der Waals surface area contributed by atoms with Gasteiger partial charge in [0.15, 0.2) is 0 Å². The molecule has 0 amide bonds. The second-order valence-electron chi connectivity index (χ2n) is 3.83. The van der Waals surface area contributed by atoms with Gasteiger partial charge in [-0.3, -0.25) is 0 Å². The standard InChI is InChI=1S/C12H19NO4S/c1-3-17-8-7-13(2)18(15,16)12-6-4-5-11(9-12)10-14/h4-6,9,14H,3,7-8,10H2,1-2H3. The molecule has 0 aliphatic carbocycles. The Kier molecular flexibility index (Phi) is 5.74. The molecule has 0 saturated carbocycles. The highest BCUT2D eigenvalue weighted by Gasteiger charge is 2.20. The van der Waals surface area contributed by atoms with E-state index >= 15 is 0 Å². The summed E-state index contributed by atoms with van der Waals surface area (Å²) in [6, 6.07) is 6.30. The van der Waals surface area contributed by atoms with Crippen LogP contribution in [0.25, 0.3) is 0 Å². The molecule has 0 aromatic heterocycles. The van der Waals surface area contributed by atoms with Gasteiger partial charge in [-0.05, 0) is 24.6 Å². The van der Waals surface area contributed by atoms with E-state index in [1.54, 1.807) is 12.1 Å². The molecule has 1 aromatic rings. The lowest BCUT2D eigenvalue weighted by atomic mass is 10.2. The second-order valence-corrected chi connectivity index (χ2v) is 5.87. The van der Waals surface area contributed by atoms with Crippen molar-refractivity contribution in [3.05, 3.63) is 29.8 Å². The van der Waals surface area contributed by atoms with Crippen molar-refractivity contribution in [2.75, 3.05) is 26.8 Å². The SMILES string of the molecule is CCOCCN(C)S(=O)(=O)c1cccc(CO)c1. The Labute approximate surface area is 108 Å². The first-order chi connectivity index (χ1) is 8.52. The van der Waals surface area contributed by atoms with E-state index in [2.05, 4.69) is 0 Å². The summed E-state index contributed by atoms with van der Waals surface area (Å²) in [5, 5.41) is 9.01. The zero-order valence-electron chi connectivity index (χ0n) is 10.7. The van der Waals surface area contributed by atoms with Crippen LogP contribution >= 0.6 is 0 Å². The van der Waals surface area contributed by atoms with Crippen molar-refractivity contribution in [2.24, 2.45) is 0 Å². The summed E-state index contributed by atoms with van der Waals surface area (Å²) in [7, 11) is -2.00. The molecule has 0 heterocycles. The van der Waals surface area contributed by atoms with Gasteiger partial charge in [0.25, 0.3) is 0 Å². The van der Waals surface area contributed by atoms with Crippen LogP contribution in [-0.4, -0.2) is 44.6 Å². The third-order valence-corrected chi connectivity index (χ3v) is 4.40. The first kappa shape index (κ1) is 15.1. The minimum Gasteiger partial charge on any atom is -0.392 e. The minimum absolute atomic E-state index is 0.175. The van der Waals surface area contributed by atoms with E-state index in [1.807, 2.05) is 6.92 Å². The Bertz CT molecular complexity index is 473. The Morgan fingerprint density at radius 1 is 1.39 bits per heavy atom. The Morgan fingerprint density at radius 3 is 2.72 bits per heavy atom. The third-order valence-electron chi connectivity index (χ3n) is 2.54. The van der Waals surface area contributed by atoms with E-state index in [-0.39, 0.29) is 11.5 Å². The molecular weight excluding hydrogens is 254 g/mol. The highest BCUT2D eigenvalue weighted by atomic mass is 32.2. The van der Waals surface area contributed by atoms with Gasteiger partial charge in [-0.2, -0.15) is 4.31 Å². The molecule has 0 bridgehead atoms. The first-order valence-corrected chi connectivity index (χ1v) is 7.20. The summed E-state index contributed by atoms with van der Waals surface area (Å²) >= 11 is 0. The minimum atomic E-state index is -3.51. The Morgan fingerprint density at radius 2 is 2.11 bits per heavy atom. The Hall–Kier alpha value is -0.950. The van der Waals surface area contributed by atoms with E-state index in [4.69, 9.17) is 9.84 Å². The molecule has 1 aromatic carbocycles. The van der Waals surface area contributed by atoms with Crippen molar-refractivity contribution in [1.29, 1.82) is 0 Å². The molecule has 102 valence electrons. The number of rotatable bonds is 7. The van der Waals surface area contributed by atoms with E-state index in [0.29, 0.717) is 25.3 Å². The van der Waals surface area contributed by atoms with Crippen LogP contribution in [0.2, 0.25) is 0 Å². The van der Waals surface area contributed by atoms with Gasteiger partial charge in [0.1, 0.15) is 0 Å². The number of ether oxygens (including phenoxy) is 1. The van der Waals surface area contributed by atoms with Crippen molar-refractivity contribution < 1.29 is 18.3 Å². The van der Waals surface area contributed by atoms with Crippen molar-refractivity contribution in [1.82, 2.24) is 4.31 Å². The number of sulfonamides is 1. The summed E-state index contributed by atoms with van der Waals surface area (Å²) in [6.45, 7) is 2.92. The molecule has 0 atom stereocenters. The molecule has 0 aliphatic heterocycles. The molecule has 6 heteroatoms. The van der Waals surface area contributed by atoms with E-state index in [0.717, 1.165) is 0 Å². The zero-order chi connectivity index (χ0) is 13.6. The van der Waals surface area contributed by atoms with Gasteiger partial charge in [-0.15, -0.1) is 0 Å². The highest BCUT2D eigenvalue weighted by Crippen LogP contribution is 2.15. The van der Waals surface area contributed by atoms with E-state index in [1.165, 1.54) is 23.5 Å². The lowest BCUT2D eigenvalue weighted by Crippen LogP contribution is -2.30. The molecule has 0 saturated heterocycles. The molecule has 5 nitrogen and oxygen atoms in total. The molecular formula is C12H19NO4S. The molecule has 1 rings (SSSR count). The maximum absolute atomic E-state index is 12.2. The van der Waals surface area contributed by atoms with E-state index < -0.39 is 10.0 Å². The summed E-state index contributed by atoms with van der Waals surface area (Å²) in [6.07, 6.45) is 0. The summed E-state index contributed by atoms with van der Waals surface area (Å²) < 4.78 is 30.7. The van der Waals surface area contributed by atoms with Crippen molar-refractivity contribution in [3.8, 4) is 0 Å². The fourth-order valence-corrected chi connectivity index (χ4v) is 2.67. The van der Waals surface area contributed by atoms with Crippen LogP contribution in [0.1, 0.15) is 12.5 Å². The largest absolute Gasteiger partial charge is 0.392 e. The van der Waals surface area contributed by atoms with E-state index in [9.17, 15) is 8.42 Å². The van der Waals surface area contributed by atoms with Crippen LogP contribution in [0, 0.1) is 0 Å². The molecule has 1 N–H and O–H groups in total. The predicted molar refractivity (Wildman–Crippen MR) is 68.7 cm³/mol. The molecule has 18 heavy (non-hydrogen) atoms. The zero-order valence-corrected chi connectivity index (χ0v) is 11.5. The highest BCUT2D eigenvalue weighted by molar-refractivity contribution is 7.89. The van der Waals surface area contributed by atoms with Crippen molar-refractivity contribution in [3.63, 3.8) is 0 Å². The lowest BCUT2D eigenvalue weighted by Gasteiger charge is -2.17. The second kappa shape index (κ2) is 6.84. The van der Waals surface area contributed by atoms with Gasteiger partial charge < -0.3 is 9.84 Å². The van der Waals surface area contributed by atoms with Gasteiger partial charge in [-0.25, -0.2) is 8.42 Å². The lowest BCUT2D eigenvalue weighted by molar-refractivity contribution is 0.138. The van der Waals surface area contributed by atoms with Gasteiger partial charge in [0.2, 0.25) is 10.0 Å². The number of likely N-dealkylation sites (N-methyl/N-ethyl adjacent to an activating group) is 1. The average molecular weight is 273 g/mol. The maximum Gasteiger partial charge on any atom is 0.242 e. The van der Waals surface area contributed by atoms with Gasteiger partial charge in [0, 0.05) is 20.2 Å². The monoisotopic (exact) mass is 273 g/mol. The van der Waals surface area contributed by atoms with Crippen molar-refractivity contribution in [2.45, 2.75) is 18.4 Å². The third kappa shape index (κ3) is 3.78. The fourth-order valence-electron chi connectivity index (χ4n) is 1.44. The quantitative estimate of drug-likeness (QED) is 0.747. The smallest absolute Gasteiger partial charge is 0.242 e. The van der Waals surface area contributed by atoms with Gasteiger partial charge in [-0.1, -0.05) is 12.1 Å². The first-order valence-electron chi connectivity index (χ1n) is 5.76. The number of hydrogen-bond acceptors (Lipinski definition) is 4. The average Bonchev–Trinajstić information content (AvgIpc) is 2.39. The summed E-state index contributed by atoms with van der Waals surface area (Å²) in [5.41, 5.74) is 0.578. The van der Waals surface area contributed by atoms with Crippen LogP contribution < -0.4 is 0 Å². The van der Waals surface area contributed by atoms with Crippen LogP contribution in [0.3, 0.4) is 0 Å². The number of benzene rings is 1. The van der Waals surface area contributed by atoms with Gasteiger partial charge >= 0.3 is 0 Å². The molecule has 0 unspecified atom stereocenters. The molecule has 0 aliphatic rings. The number of hydrogen-bond donors (Lipinski definition) is 1. The molecule has 0 spiro atoms. The van der Waals surface area contributed by atoms with Crippen LogP contribution in [-0.2, 0) is 21.4 Å². The maximum atomic E-state index is 12.2. The fraction of sp³-hybridized carbons (Fsp3) is 0.500. The molecule has 0 radical (unpaired) electrons. The number of aliphatic hydroxyl groups excluding tert-OH is 1. The molecule has 0 fully saturated rings. The van der Waals surface area contributed by atoms with Crippen LogP contribution in [0.4, 0.5) is 0 Å². The van der Waals surface area contributed by atoms with Crippen LogP contribution in [0.5, 0.6) is 0 Å². The number of aliphatic hydroxyl groups is 1. The Balaban J connectivity index is 2.84. The topological polar surface area (TPSA) is 66.8 Å². The normalized spacial score (nSPS) is 12.0. The summed E-state index contributed by atoms with van der Waals surface area (Å²) in [5.74, 6) is 0.